The van der Waals surface area contributed by atoms with Crippen molar-refractivity contribution in [2.24, 2.45) is 5.41 Å². The molecule has 1 fully saturated rings. The van der Waals surface area contributed by atoms with Gasteiger partial charge in [0.15, 0.2) is 4.77 Å². The molecular formula is C13H23N3OS. The lowest BCUT2D eigenvalue weighted by Gasteiger charge is -2.52. The molecule has 0 bridgehead atoms. The van der Waals surface area contributed by atoms with E-state index in [1.54, 1.807) is 0 Å². The minimum absolute atomic E-state index is 0.126. The largest absolute Gasteiger partial charge is 0.378 e. The number of hydrogen-bond acceptors (Lipinski definition) is 3. The van der Waals surface area contributed by atoms with E-state index >= 15 is 0 Å². The first-order chi connectivity index (χ1) is 8.52. The number of aromatic amines is 1. The first kappa shape index (κ1) is 13.7. The van der Waals surface area contributed by atoms with Crippen molar-refractivity contribution < 1.29 is 4.74 Å². The van der Waals surface area contributed by atoms with Crippen LogP contribution in [0, 0.1) is 10.2 Å². The maximum Gasteiger partial charge on any atom is 0.195 e. The average Bonchev–Trinajstić information content (AvgIpc) is 2.66. The Morgan fingerprint density at radius 2 is 2.22 bits per heavy atom. The molecule has 2 rings (SSSR count). The summed E-state index contributed by atoms with van der Waals surface area (Å²) in [5.41, 5.74) is 0.126. The SMILES string of the molecule is CCCc1n[nH]c(=S)n1C1CC(OCC)C1(C)C. The van der Waals surface area contributed by atoms with Gasteiger partial charge >= 0.3 is 0 Å². The summed E-state index contributed by atoms with van der Waals surface area (Å²) in [7, 11) is 0. The van der Waals surface area contributed by atoms with Crippen LogP contribution in [0.5, 0.6) is 0 Å². The molecule has 4 nitrogen and oxygen atoms in total. The van der Waals surface area contributed by atoms with Crippen LogP contribution in [-0.4, -0.2) is 27.5 Å². The van der Waals surface area contributed by atoms with Crippen LogP contribution in [0.25, 0.3) is 0 Å². The van der Waals surface area contributed by atoms with Gasteiger partial charge in [-0.2, -0.15) is 5.10 Å². The number of rotatable bonds is 5. The molecule has 0 aromatic carbocycles. The van der Waals surface area contributed by atoms with Gasteiger partial charge in [0, 0.05) is 24.5 Å². The predicted molar refractivity (Wildman–Crippen MR) is 74.3 cm³/mol. The van der Waals surface area contributed by atoms with E-state index < -0.39 is 0 Å². The highest BCUT2D eigenvalue weighted by atomic mass is 32.1. The molecular weight excluding hydrogens is 246 g/mol. The van der Waals surface area contributed by atoms with Gasteiger partial charge in [-0.25, -0.2) is 0 Å². The quantitative estimate of drug-likeness (QED) is 0.834. The fraction of sp³-hybridized carbons (Fsp3) is 0.846. The lowest BCUT2D eigenvalue weighted by molar-refractivity contribution is -0.128. The van der Waals surface area contributed by atoms with Gasteiger partial charge in [0.25, 0.3) is 0 Å². The Bertz CT molecular complexity index is 463. The summed E-state index contributed by atoms with van der Waals surface area (Å²) in [6.07, 6.45) is 3.42. The topological polar surface area (TPSA) is 42.8 Å². The fourth-order valence-corrected chi connectivity index (χ4v) is 3.12. The summed E-state index contributed by atoms with van der Waals surface area (Å²) in [6, 6.07) is 0.404. The highest BCUT2D eigenvalue weighted by Crippen LogP contribution is 2.51. The van der Waals surface area contributed by atoms with Crippen molar-refractivity contribution in [3.05, 3.63) is 10.6 Å². The second kappa shape index (κ2) is 5.13. The molecule has 0 spiro atoms. The van der Waals surface area contributed by atoms with E-state index in [2.05, 4.69) is 42.5 Å². The van der Waals surface area contributed by atoms with Gasteiger partial charge in [0.2, 0.25) is 0 Å². The minimum atomic E-state index is 0.126. The molecule has 0 radical (unpaired) electrons. The molecule has 5 heteroatoms. The highest BCUT2D eigenvalue weighted by molar-refractivity contribution is 7.71. The maximum atomic E-state index is 5.78. The molecule has 0 saturated heterocycles. The Kier molecular flexibility index (Phi) is 3.92. The van der Waals surface area contributed by atoms with Gasteiger partial charge in [-0.1, -0.05) is 20.8 Å². The third-order valence-electron chi connectivity index (χ3n) is 4.06. The maximum absolute atomic E-state index is 5.78. The van der Waals surface area contributed by atoms with Crippen LogP contribution in [0.1, 0.15) is 52.4 Å². The van der Waals surface area contributed by atoms with E-state index in [1.807, 2.05) is 0 Å². The standard InChI is InChI=1S/C13H23N3OS/c1-5-7-11-14-15-12(18)16(11)9-8-10(17-6-2)13(9,3)4/h9-10H,5-8H2,1-4H3,(H,15,18). The van der Waals surface area contributed by atoms with Crippen molar-refractivity contribution in [1.29, 1.82) is 0 Å². The predicted octanol–water partition coefficient (Wildman–Crippen LogP) is 3.27. The molecule has 1 saturated carbocycles. The zero-order chi connectivity index (χ0) is 13.3. The van der Waals surface area contributed by atoms with Crippen LogP contribution in [0.3, 0.4) is 0 Å². The van der Waals surface area contributed by atoms with E-state index in [0.717, 1.165) is 36.5 Å². The Hall–Kier alpha value is -0.680. The van der Waals surface area contributed by atoms with Gasteiger partial charge in [-0.15, -0.1) is 0 Å². The summed E-state index contributed by atoms with van der Waals surface area (Å²) in [5.74, 6) is 1.08. The molecule has 1 aromatic rings. The van der Waals surface area contributed by atoms with Crippen LogP contribution in [-0.2, 0) is 11.2 Å². The van der Waals surface area contributed by atoms with Crippen molar-refractivity contribution >= 4 is 12.2 Å². The number of hydrogen-bond donors (Lipinski definition) is 1. The molecule has 1 aliphatic carbocycles. The molecule has 102 valence electrons. The Morgan fingerprint density at radius 3 is 2.78 bits per heavy atom. The Balaban J connectivity index is 2.24. The van der Waals surface area contributed by atoms with Crippen LogP contribution in [0.15, 0.2) is 0 Å². The molecule has 0 aliphatic heterocycles. The van der Waals surface area contributed by atoms with Gasteiger partial charge < -0.3 is 9.30 Å². The zero-order valence-electron chi connectivity index (χ0n) is 11.7. The molecule has 1 heterocycles. The second-order valence-corrected chi connectivity index (χ2v) is 5.97. The lowest BCUT2D eigenvalue weighted by atomic mass is 9.64. The highest BCUT2D eigenvalue weighted by Gasteiger charge is 2.50. The third-order valence-corrected chi connectivity index (χ3v) is 4.34. The molecule has 0 amide bonds. The van der Waals surface area contributed by atoms with Crippen molar-refractivity contribution in [2.45, 2.75) is 59.1 Å². The second-order valence-electron chi connectivity index (χ2n) is 5.58. The van der Waals surface area contributed by atoms with Gasteiger partial charge in [0.05, 0.1) is 6.10 Å². The van der Waals surface area contributed by atoms with Crippen LogP contribution in [0.2, 0.25) is 0 Å². The molecule has 2 atom stereocenters. The molecule has 1 aromatic heterocycles. The van der Waals surface area contributed by atoms with Crippen molar-refractivity contribution in [2.75, 3.05) is 6.61 Å². The number of nitrogens with one attached hydrogen (secondary N) is 1. The van der Waals surface area contributed by atoms with Gasteiger partial charge in [-0.3, -0.25) is 5.10 Å². The fourth-order valence-electron chi connectivity index (χ4n) is 2.85. The summed E-state index contributed by atoms with van der Waals surface area (Å²) in [6.45, 7) is 9.50. The molecule has 1 aliphatic rings. The van der Waals surface area contributed by atoms with E-state index in [1.165, 1.54) is 0 Å². The van der Waals surface area contributed by atoms with Crippen LogP contribution < -0.4 is 0 Å². The number of aryl methyl sites for hydroxylation is 1. The number of ether oxygens (including phenoxy) is 1. The number of aromatic nitrogens is 3. The zero-order valence-corrected chi connectivity index (χ0v) is 12.5. The monoisotopic (exact) mass is 269 g/mol. The third kappa shape index (κ3) is 2.14. The van der Waals surface area contributed by atoms with E-state index in [9.17, 15) is 0 Å². The summed E-state index contributed by atoms with van der Waals surface area (Å²) in [5, 5.41) is 7.28. The number of nitrogens with zero attached hydrogens (tertiary/aromatic N) is 2. The smallest absolute Gasteiger partial charge is 0.195 e. The summed E-state index contributed by atoms with van der Waals surface area (Å²) in [4.78, 5) is 0. The summed E-state index contributed by atoms with van der Waals surface area (Å²) >= 11 is 5.37. The van der Waals surface area contributed by atoms with Crippen molar-refractivity contribution in [3.63, 3.8) is 0 Å². The molecule has 1 N–H and O–H groups in total. The van der Waals surface area contributed by atoms with E-state index in [4.69, 9.17) is 17.0 Å². The molecule has 18 heavy (non-hydrogen) atoms. The molecule has 2 unspecified atom stereocenters. The van der Waals surface area contributed by atoms with Crippen molar-refractivity contribution in [3.8, 4) is 0 Å². The van der Waals surface area contributed by atoms with Crippen LogP contribution in [0.4, 0.5) is 0 Å². The average molecular weight is 269 g/mol. The first-order valence-corrected chi connectivity index (χ1v) is 7.20. The van der Waals surface area contributed by atoms with Crippen LogP contribution >= 0.6 is 12.2 Å². The first-order valence-electron chi connectivity index (χ1n) is 6.79. The Labute approximate surface area is 114 Å². The number of H-pyrrole nitrogens is 1. The van der Waals surface area contributed by atoms with Crippen molar-refractivity contribution in [1.82, 2.24) is 14.8 Å². The minimum Gasteiger partial charge on any atom is -0.378 e. The van der Waals surface area contributed by atoms with Gasteiger partial charge in [-0.05, 0) is 32.0 Å². The summed E-state index contributed by atoms with van der Waals surface area (Å²) < 4.78 is 8.73. The Morgan fingerprint density at radius 1 is 1.50 bits per heavy atom. The van der Waals surface area contributed by atoms with E-state index in [0.29, 0.717) is 12.1 Å². The van der Waals surface area contributed by atoms with Gasteiger partial charge in [0.1, 0.15) is 5.82 Å². The normalized spacial score (nSPS) is 26.0. The lowest BCUT2D eigenvalue weighted by Crippen LogP contribution is -2.51. The van der Waals surface area contributed by atoms with E-state index in [-0.39, 0.29) is 5.41 Å².